The van der Waals surface area contributed by atoms with Crippen LogP contribution in [0.25, 0.3) is 0 Å². The number of rotatable bonds is 6. The first-order valence-electron chi connectivity index (χ1n) is 10.5. The molecule has 1 atom stereocenters. The number of carbonyl (C=O) groups is 2. The van der Waals surface area contributed by atoms with Crippen LogP contribution in [0.15, 0.2) is 53.7 Å². The molecule has 1 fully saturated rings. The first-order valence-corrected chi connectivity index (χ1v) is 10.5. The summed E-state index contributed by atoms with van der Waals surface area (Å²) in [5.74, 6) is 0.202. The average Bonchev–Trinajstić information content (AvgIpc) is 2.82. The predicted octanol–water partition coefficient (Wildman–Crippen LogP) is 5.26. The topological polar surface area (TPSA) is 78.8 Å². The van der Waals surface area contributed by atoms with Gasteiger partial charge >= 0.3 is 12.1 Å². The monoisotopic (exact) mass is 457 g/mol. The number of alkyl halides is 3. The number of terminal acetylenes is 1. The lowest BCUT2D eigenvalue weighted by molar-refractivity contribution is -0.137. The second-order valence-electron chi connectivity index (χ2n) is 7.76. The van der Waals surface area contributed by atoms with Crippen molar-refractivity contribution in [2.45, 2.75) is 50.4 Å². The van der Waals surface area contributed by atoms with E-state index in [-0.39, 0.29) is 23.0 Å². The van der Waals surface area contributed by atoms with Crippen LogP contribution in [0, 0.1) is 17.3 Å². The van der Waals surface area contributed by atoms with E-state index >= 15 is 0 Å². The Kier molecular flexibility index (Phi) is 7.48. The fourth-order valence-electron chi connectivity index (χ4n) is 4.01. The van der Waals surface area contributed by atoms with Gasteiger partial charge in [0.2, 0.25) is 5.91 Å². The van der Waals surface area contributed by atoms with E-state index in [0.29, 0.717) is 0 Å². The van der Waals surface area contributed by atoms with Crippen molar-refractivity contribution < 1.29 is 22.8 Å². The van der Waals surface area contributed by atoms with Crippen LogP contribution in [0.4, 0.5) is 24.5 Å². The van der Waals surface area contributed by atoms with Gasteiger partial charge in [0, 0.05) is 17.3 Å². The average molecular weight is 457 g/mol. The Hall–Kier alpha value is -3.67. The fraction of sp³-hybridized carbons (Fsp3) is 0.333. The standard InChI is InChI=1S/C24H22F3N3O3/c1-2-21(31)30(18-12-8-9-16(15-18)24(25,26)27)22(19-13-6-7-14-20(19)29-33)23(32)28-17-10-4-3-5-11-17/h1,6-9,12-15,17,22H,3-5,10-11H2,(H,28,32). The molecular weight excluding hydrogens is 435 g/mol. The van der Waals surface area contributed by atoms with Gasteiger partial charge in [-0.1, -0.05) is 43.5 Å². The zero-order valence-corrected chi connectivity index (χ0v) is 17.6. The predicted molar refractivity (Wildman–Crippen MR) is 117 cm³/mol. The number of nitrogens with zero attached hydrogens (tertiary/aromatic N) is 2. The van der Waals surface area contributed by atoms with E-state index in [2.05, 4.69) is 10.5 Å². The van der Waals surface area contributed by atoms with Crippen LogP contribution in [0.3, 0.4) is 0 Å². The fourth-order valence-corrected chi connectivity index (χ4v) is 4.01. The van der Waals surface area contributed by atoms with Crippen molar-refractivity contribution in [3.63, 3.8) is 0 Å². The van der Waals surface area contributed by atoms with Gasteiger partial charge < -0.3 is 5.32 Å². The number of nitroso groups, excluding NO2 is 1. The van der Waals surface area contributed by atoms with E-state index in [9.17, 15) is 27.7 Å². The molecule has 1 aliphatic rings. The highest BCUT2D eigenvalue weighted by Gasteiger charge is 2.37. The van der Waals surface area contributed by atoms with Gasteiger partial charge in [-0.25, -0.2) is 0 Å². The third-order valence-electron chi connectivity index (χ3n) is 5.58. The Morgan fingerprint density at radius 2 is 1.79 bits per heavy atom. The number of amides is 2. The molecule has 0 aromatic heterocycles. The zero-order valence-electron chi connectivity index (χ0n) is 17.6. The Bertz CT molecular complexity index is 1070. The molecule has 2 amide bonds. The maximum atomic E-state index is 13.5. The first kappa shape index (κ1) is 24.0. The second kappa shape index (κ2) is 10.3. The lowest BCUT2D eigenvalue weighted by Gasteiger charge is -2.32. The Balaban J connectivity index is 2.14. The van der Waals surface area contributed by atoms with Crippen molar-refractivity contribution in [3.05, 3.63) is 64.6 Å². The molecular formula is C24H22F3N3O3. The van der Waals surface area contributed by atoms with E-state index in [1.807, 2.05) is 5.92 Å². The number of hydrogen-bond acceptors (Lipinski definition) is 4. The molecule has 1 aliphatic carbocycles. The highest BCUT2D eigenvalue weighted by Crippen LogP contribution is 2.37. The molecule has 6 nitrogen and oxygen atoms in total. The van der Waals surface area contributed by atoms with Crippen molar-refractivity contribution in [1.29, 1.82) is 0 Å². The number of anilines is 1. The molecule has 2 aromatic rings. The Morgan fingerprint density at radius 1 is 1.09 bits per heavy atom. The van der Waals surface area contributed by atoms with E-state index < -0.39 is 29.6 Å². The molecule has 0 spiro atoms. The highest BCUT2D eigenvalue weighted by atomic mass is 19.4. The van der Waals surface area contributed by atoms with E-state index in [1.165, 1.54) is 30.3 Å². The number of carbonyl (C=O) groups excluding carboxylic acids is 2. The van der Waals surface area contributed by atoms with Crippen LogP contribution in [-0.2, 0) is 15.8 Å². The summed E-state index contributed by atoms with van der Waals surface area (Å²) in [6.45, 7) is 0. The molecule has 1 unspecified atom stereocenters. The first-order chi connectivity index (χ1) is 15.8. The maximum absolute atomic E-state index is 13.5. The van der Waals surface area contributed by atoms with Gasteiger partial charge in [-0.15, -0.1) is 11.3 Å². The molecule has 2 aromatic carbocycles. The summed E-state index contributed by atoms with van der Waals surface area (Å²) in [6.07, 6.45) is 5.00. The summed E-state index contributed by atoms with van der Waals surface area (Å²) >= 11 is 0. The number of hydrogen-bond donors (Lipinski definition) is 1. The molecule has 0 heterocycles. The van der Waals surface area contributed by atoms with Gasteiger partial charge in [-0.2, -0.15) is 13.2 Å². The van der Waals surface area contributed by atoms with Gasteiger partial charge in [0.15, 0.2) is 0 Å². The van der Waals surface area contributed by atoms with Gasteiger partial charge in [-0.3, -0.25) is 14.5 Å². The Labute approximate surface area is 189 Å². The normalized spacial score (nSPS) is 15.2. The summed E-state index contributed by atoms with van der Waals surface area (Å²) in [6, 6.07) is 8.15. The maximum Gasteiger partial charge on any atom is 0.416 e. The quantitative estimate of drug-likeness (QED) is 0.475. The second-order valence-corrected chi connectivity index (χ2v) is 7.76. The Morgan fingerprint density at radius 3 is 2.42 bits per heavy atom. The van der Waals surface area contributed by atoms with Gasteiger partial charge in [0.25, 0.3) is 0 Å². The number of halogens is 3. The summed E-state index contributed by atoms with van der Waals surface area (Å²) in [4.78, 5) is 38.5. The van der Waals surface area contributed by atoms with E-state index in [1.54, 1.807) is 0 Å². The van der Waals surface area contributed by atoms with Crippen molar-refractivity contribution in [2.75, 3.05) is 4.90 Å². The van der Waals surface area contributed by atoms with Gasteiger partial charge in [0.1, 0.15) is 11.7 Å². The minimum absolute atomic E-state index is 0.0572. The van der Waals surface area contributed by atoms with Crippen molar-refractivity contribution in [3.8, 4) is 12.3 Å². The molecule has 3 rings (SSSR count). The summed E-state index contributed by atoms with van der Waals surface area (Å²) < 4.78 is 40.0. The smallest absolute Gasteiger partial charge is 0.351 e. The van der Waals surface area contributed by atoms with Crippen LogP contribution in [0.2, 0.25) is 0 Å². The van der Waals surface area contributed by atoms with Crippen LogP contribution >= 0.6 is 0 Å². The molecule has 0 aliphatic heterocycles. The molecule has 172 valence electrons. The van der Waals surface area contributed by atoms with Crippen molar-refractivity contribution >= 4 is 23.2 Å². The van der Waals surface area contributed by atoms with Crippen LogP contribution in [-0.4, -0.2) is 17.9 Å². The van der Waals surface area contributed by atoms with Gasteiger partial charge in [0.05, 0.1) is 5.56 Å². The van der Waals surface area contributed by atoms with E-state index in [0.717, 1.165) is 55.2 Å². The largest absolute Gasteiger partial charge is 0.416 e. The lowest BCUT2D eigenvalue weighted by Crippen LogP contribution is -2.47. The lowest BCUT2D eigenvalue weighted by atomic mass is 9.94. The highest BCUT2D eigenvalue weighted by molar-refractivity contribution is 6.10. The van der Waals surface area contributed by atoms with E-state index in [4.69, 9.17) is 6.42 Å². The minimum atomic E-state index is -4.68. The molecule has 0 saturated heterocycles. The molecule has 33 heavy (non-hydrogen) atoms. The molecule has 1 N–H and O–H groups in total. The molecule has 0 radical (unpaired) electrons. The summed E-state index contributed by atoms with van der Waals surface area (Å²) in [5, 5.41) is 5.81. The third-order valence-corrected chi connectivity index (χ3v) is 5.58. The van der Waals surface area contributed by atoms with Crippen LogP contribution in [0.5, 0.6) is 0 Å². The SMILES string of the molecule is C#CC(=O)N(c1cccc(C(F)(F)F)c1)C(C(=O)NC1CCCCC1)c1ccccc1N=O. The molecule has 0 bridgehead atoms. The summed E-state index contributed by atoms with van der Waals surface area (Å²) in [5.41, 5.74) is -1.30. The van der Waals surface area contributed by atoms with Gasteiger partial charge in [-0.05, 0) is 48.2 Å². The summed E-state index contributed by atoms with van der Waals surface area (Å²) in [7, 11) is 0. The minimum Gasteiger partial charge on any atom is -0.351 e. The van der Waals surface area contributed by atoms with Crippen molar-refractivity contribution in [2.24, 2.45) is 5.18 Å². The number of nitrogens with one attached hydrogen (secondary N) is 1. The zero-order chi connectivity index (χ0) is 24.0. The number of benzene rings is 2. The third kappa shape index (κ3) is 5.58. The van der Waals surface area contributed by atoms with Crippen molar-refractivity contribution in [1.82, 2.24) is 5.32 Å². The molecule has 9 heteroatoms. The molecule has 1 saturated carbocycles. The van der Waals surface area contributed by atoms with Crippen LogP contribution < -0.4 is 10.2 Å². The van der Waals surface area contributed by atoms with Crippen LogP contribution in [0.1, 0.15) is 49.3 Å².